The highest BCUT2D eigenvalue weighted by Gasteiger charge is 2.20. The number of rotatable bonds is 6. The fourth-order valence-electron chi connectivity index (χ4n) is 2.95. The number of ether oxygens (including phenoxy) is 1. The highest BCUT2D eigenvalue weighted by Crippen LogP contribution is 2.24. The number of carbonyl (C=O) groups is 1. The Bertz CT molecular complexity index is 1020. The maximum absolute atomic E-state index is 12.5. The molecule has 0 bridgehead atoms. The van der Waals surface area contributed by atoms with Crippen LogP contribution in [0.2, 0.25) is 0 Å². The van der Waals surface area contributed by atoms with E-state index in [0.717, 1.165) is 17.4 Å². The lowest BCUT2D eigenvalue weighted by Crippen LogP contribution is -2.37. The first-order valence-corrected chi connectivity index (χ1v) is 8.78. The van der Waals surface area contributed by atoms with E-state index in [1.54, 1.807) is 39.1 Å². The lowest BCUT2D eigenvalue weighted by Gasteiger charge is -2.21. The minimum atomic E-state index is -0.707. The van der Waals surface area contributed by atoms with Gasteiger partial charge in [0.25, 0.3) is 5.91 Å². The second kappa shape index (κ2) is 7.65. The van der Waals surface area contributed by atoms with Gasteiger partial charge >= 0.3 is 5.63 Å². The van der Waals surface area contributed by atoms with E-state index in [2.05, 4.69) is 5.16 Å². The summed E-state index contributed by atoms with van der Waals surface area (Å²) in [6.45, 7) is 5.78. The van der Waals surface area contributed by atoms with Crippen molar-refractivity contribution in [3.63, 3.8) is 0 Å². The standard InChI is InChI=1S/C20H22N2O5/c1-5-14-9-19(23)26-18-10-16(6-7-17(14)18)25-13(3)20(24)22(4)11-15-8-12(2)27-21-15/h6-10,13H,5,11H2,1-4H3. The van der Waals surface area contributed by atoms with E-state index in [4.69, 9.17) is 13.7 Å². The van der Waals surface area contributed by atoms with Crippen LogP contribution in [0.15, 0.2) is 44.1 Å². The third-order valence-corrected chi connectivity index (χ3v) is 4.30. The molecule has 1 amide bonds. The number of aromatic nitrogens is 1. The maximum Gasteiger partial charge on any atom is 0.336 e. The number of amides is 1. The Labute approximate surface area is 156 Å². The molecule has 27 heavy (non-hydrogen) atoms. The molecule has 1 aromatic carbocycles. The molecule has 2 heterocycles. The summed E-state index contributed by atoms with van der Waals surface area (Å²) in [6.07, 6.45) is 0.0188. The number of fused-ring (bicyclic) bond motifs is 1. The quantitative estimate of drug-likeness (QED) is 0.620. The summed E-state index contributed by atoms with van der Waals surface area (Å²) in [5.74, 6) is 0.962. The molecule has 2 aromatic heterocycles. The molecule has 0 N–H and O–H groups in total. The maximum atomic E-state index is 12.5. The van der Waals surface area contributed by atoms with Gasteiger partial charge in [-0.05, 0) is 38.0 Å². The fraction of sp³-hybridized carbons (Fsp3) is 0.350. The molecule has 0 radical (unpaired) electrons. The molecule has 1 unspecified atom stereocenters. The summed E-state index contributed by atoms with van der Waals surface area (Å²) < 4.78 is 16.0. The average molecular weight is 370 g/mol. The molecule has 0 fully saturated rings. The normalized spacial score (nSPS) is 12.1. The van der Waals surface area contributed by atoms with Crippen LogP contribution in [-0.4, -0.2) is 29.1 Å². The molecule has 3 aromatic rings. The minimum Gasteiger partial charge on any atom is -0.481 e. The van der Waals surface area contributed by atoms with Crippen molar-refractivity contribution in [1.29, 1.82) is 0 Å². The monoisotopic (exact) mass is 370 g/mol. The van der Waals surface area contributed by atoms with E-state index in [-0.39, 0.29) is 5.91 Å². The highest BCUT2D eigenvalue weighted by molar-refractivity contribution is 5.83. The first-order chi connectivity index (χ1) is 12.9. The molecule has 7 heteroatoms. The van der Waals surface area contributed by atoms with Gasteiger partial charge in [-0.15, -0.1) is 0 Å². The summed E-state index contributed by atoms with van der Waals surface area (Å²) in [5.41, 5.74) is 1.64. The SMILES string of the molecule is CCc1cc(=O)oc2cc(OC(C)C(=O)N(C)Cc3cc(C)on3)ccc12. The van der Waals surface area contributed by atoms with Gasteiger partial charge in [0.1, 0.15) is 22.8 Å². The second-order valence-electron chi connectivity index (χ2n) is 6.49. The summed E-state index contributed by atoms with van der Waals surface area (Å²) in [7, 11) is 1.68. The molecule has 0 saturated heterocycles. The Balaban J connectivity index is 1.73. The van der Waals surface area contributed by atoms with Crippen molar-refractivity contribution in [1.82, 2.24) is 10.1 Å². The van der Waals surface area contributed by atoms with Crippen molar-refractivity contribution in [2.75, 3.05) is 7.05 Å². The Hall–Kier alpha value is -3.09. The predicted octanol–water partition coefficient (Wildman–Crippen LogP) is 3.08. The van der Waals surface area contributed by atoms with Gasteiger partial charge in [0, 0.05) is 30.6 Å². The van der Waals surface area contributed by atoms with Crippen LogP contribution in [0.4, 0.5) is 0 Å². The lowest BCUT2D eigenvalue weighted by molar-refractivity contribution is -0.137. The average Bonchev–Trinajstić information content (AvgIpc) is 3.04. The van der Waals surface area contributed by atoms with Gasteiger partial charge in [-0.25, -0.2) is 4.79 Å². The van der Waals surface area contributed by atoms with Gasteiger partial charge in [0.05, 0.1) is 6.54 Å². The second-order valence-corrected chi connectivity index (χ2v) is 6.49. The first kappa shape index (κ1) is 18.7. The van der Waals surface area contributed by atoms with E-state index in [1.165, 1.54) is 11.0 Å². The summed E-state index contributed by atoms with van der Waals surface area (Å²) >= 11 is 0. The number of carbonyl (C=O) groups excluding carboxylic acids is 1. The molecule has 0 aliphatic rings. The number of hydrogen-bond donors (Lipinski definition) is 0. The number of nitrogens with zero attached hydrogens (tertiary/aromatic N) is 2. The van der Waals surface area contributed by atoms with E-state index in [0.29, 0.717) is 29.3 Å². The third-order valence-electron chi connectivity index (χ3n) is 4.30. The van der Waals surface area contributed by atoms with Gasteiger partial charge < -0.3 is 18.6 Å². The summed E-state index contributed by atoms with van der Waals surface area (Å²) in [5, 5.41) is 4.75. The fourth-order valence-corrected chi connectivity index (χ4v) is 2.95. The molecule has 142 valence electrons. The smallest absolute Gasteiger partial charge is 0.336 e. The van der Waals surface area contributed by atoms with Crippen LogP contribution in [0.3, 0.4) is 0 Å². The molecular weight excluding hydrogens is 348 g/mol. The molecule has 3 rings (SSSR count). The number of aryl methyl sites for hydroxylation is 2. The van der Waals surface area contributed by atoms with Crippen LogP contribution >= 0.6 is 0 Å². The molecule has 7 nitrogen and oxygen atoms in total. The van der Waals surface area contributed by atoms with Crippen LogP contribution in [0.1, 0.15) is 30.9 Å². The highest BCUT2D eigenvalue weighted by atomic mass is 16.5. The molecule has 1 atom stereocenters. The van der Waals surface area contributed by atoms with Gasteiger partial charge in [-0.1, -0.05) is 12.1 Å². The predicted molar refractivity (Wildman–Crippen MR) is 99.7 cm³/mol. The van der Waals surface area contributed by atoms with Gasteiger partial charge in [-0.3, -0.25) is 4.79 Å². The Kier molecular flexibility index (Phi) is 5.30. The number of benzene rings is 1. The van der Waals surface area contributed by atoms with Crippen molar-refractivity contribution in [2.24, 2.45) is 0 Å². The molecule has 0 spiro atoms. The molecular formula is C20H22N2O5. The third kappa shape index (κ3) is 4.19. The van der Waals surface area contributed by atoms with Crippen molar-refractivity contribution in [3.8, 4) is 5.75 Å². The van der Waals surface area contributed by atoms with Gasteiger partial charge in [-0.2, -0.15) is 0 Å². The number of likely N-dealkylation sites (N-methyl/N-ethyl adjacent to an activating group) is 1. The van der Waals surface area contributed by atoms with Crippen LogP contribution in [0, 0.1) is 6.92 Å². The zero-order valence-corrected chi connectivity index (χ0v) is 15.8. The largest absolute Gasteiger partial charge is 0.481 e. The van der Waals surface area contributed by atoms with Crippen LogP contribution in [0.25, 0.3) is 11.0 Å². The summed E-state index contributed by atoms with van der Waals surface area (Å²) in [6, 6.07) is 8.53. The van der Waals surface area contributed by atoms with E-state index in [1.807, 2.05) is 13.0 Å². The van der Waals surface area contributed by atoms with E-state index in [9.17, 15) is 9.59 Å². The van der Waals surface area contributed by atoms with Crippen molar-refractivity contribution in [2.45, 2.75) is 39.8 Å². The Morgan fingerprint density at radius 3 is 2.74 bits per heavy atom. The first-order valence-electron chi connectivity index (χ1n) is 8.78. The molecule has 0 aliphatic heterocycles. The van der Waals surface area contributed by atoms with Gasteiger partial charge in [0.2, 0.25) is 0 Å². The molecule has 0 aliphatic carbocycles. The van der Waals surface area contributed by atoms with E-state index >= 15 is 0 Å². The zero-order chi connectivity index (χ0) is 19.6. The lowest BCUT2D eigenvalue weighted by atomic mass is 10.1. The van der Waals surface area contributed by atoms with Crippen molar-refractivity contribution in [3.05, 3.63) is 57.8 Å². The Morgan fingerprint density at radius 2 is 2.07 bits per heavy atom. The zero-order valence-electron chi connectivity index (χ0n) is 15.8. The van der Waals surface area contributed by atoms with E-state index < -0.39 is 11.7 Å². The van der Waals surface area contributed by atoms with Gasteiger partial charge in [0.15, 0.2) is 6.10 Å². The van der Waals surface area contributed by atoms with Crippen LogP contribution in [-0.2, 0) is 17.8 Å². The Morgan fingerprint density at radius 1 is 1.30 bits per heavy atom. The van der Waals surface area contributed by atoms with Crippen LogP contribution < -0.4 is 10.4 Å². The van der Waals surface area contributed by atoms with Crippen molar-refractivity contribution < 1.29 is 18.5 Å². The topological polar surface area (TPSA) is 85.8 Å². The van der Waals surface area contributed by atoms with Crippen LogP contribution in [0.5, 0.6) is 5.75 Å². The van der Waals surface area contributed by atoms with Crippen molar-refractivity contribution >= 4 is 16.9 Å². The summed E-state index contributed by atoms with van der Waals surface area (Å²) in [4.78, 5) is 25.8. The molecule has 0 saturated carbocycles. The minimum absolute atomic E-state index is 0.195. The number of hydrogen-bond acceptors (Lipinski definition) is 6.